The molecule has 0 aliphatic carbocycles. The van der Waals surface area contributed by atoms with Crippen LogP contribution in [-0.4, -0.2) is 42.6 Å². The van der Waals surface area contributed by atoms with Crippen LogP contribution >= 0.6 is 0 Å². The second-order valence-corrected chi connectivity index (χ2v) is 7.32. The number of carbonyl (C=O) groups excluding carboxylic acids is 4. The number of amides is 2. The summed E-state index contributed by atoms with van der Waals surface area (Å²) in [5.74, 6) is -2.71. The molecule has 4 rings (SSSR count). The third kappa shape index (κ3) is 4.66. The van der Waals surface area contributed by atoms with E-state index in [0.717, 1.165) is 4.90 Å². The molecule has 1 fully saturated rings. The van der Waals surface area contributed by atoms with Crippen LogP contribution in [0.1, 0.15) is 27.6 Å². The van der Waals surface area contributed by atoms with E-state index in [1.165, 1.54) is 36.4 Å². The fourth-order valence-corrected chi connectivity index (χ4v) is 3.47. The smallest absolute Gasteiger partial charge is 0.339 e. The van der Waals surface area contributed by atoms with E-state index in [2.05, 4.69) is 0 Å². The molecule has 1 aliphatic heterocycles. The van der Waals surface area contributed by atoms with Gasteiger partial charge in [0.2, 0.25) is 12.2 Å². The second-order valence-electron chi connectivity index (χ2n) is 7.32. The molecule has 172 valence electrons. The highest BCUT2D eigenvalue weighted by Gasteiger charge is 2.53. The largest absolute Gasteiger partial charge is 0.494 e. The first kappa shape index (κ1) is 22.7. The highest BCUT2D eigenvalue weighted by atomic mass is 16.6. The quantitative estimate of drug-likeness (QED) is 0.394. The van der Waals surface area contributed by atoms with Crippen molar-refractivity contribution in [2.24, 2.45) is 0 Å². The van der Waals surface area contributed by atoms with Gasteiger partial charge in [-0.15, -0.1) is 0 Å². The summed E-state index contributed by atoms with van der Waals surface area (Å²) in [5, 5.41) is 0. The number of imide groups is 1. The van der Waals surface area contributed by atoms with Crippen LogP contribution in [0.2, 0.25) is 0 Å². The Morgan fingerprint density at radius 3 is 1.56 bits per heavy atom. The first-order valence-corrected chi connectivity index (χ1v) is 10.6. The predicted molar refractivity (Wildman–Crippen MR) is 121 cm³/mol. The molecule has 8 heteroatoms. The van der Waals surface area contributed by atoms with Crippen LogP contribution in [0.25, 0.3) is 0 Å². The summed E-state index contributed by atoms with van der Waals surface area (Å²) >= 11 is 0. The van der Waals surface area contributed by atoms with E-state index in [1.54, 1.807) is 48.5 Å². The Morgan fingerprint density at radius 2 is 1.15 bits per heavy atom. The average molecular weight is 459 g/mol. The van der Waals surface area contributed by atoms with Crippen molar-refractivity contribution in [2.75, 3.05) is 11.5 Å². The van der Waals surface area contributed by atoms with Crippen molar-refractivity contribution in [1.29, 1.82) is 0 Å². The molecule has 0 aromatic heterocycles. The predicted octanol–water partition coefficient (Wildman–Crippen LogP) is 3.41. The van der Waals surface area contributed by atoms with Gasteiger partial charge in [-0.1, -0.05) is 36.4 Å². The van der Waals surface area contributed by atoms with Gasteiger partial charge in [-0.25, -0.2) is 14.5 Å². The summed E-state index contributed by atoms with van der Waals surface area (Å²) in [6.45, 7) is 2.29. The van der Waals surface area contributed by atoms with Crippen LogP contribution in [0.3, 0.4) is 0 Å². The van der Waals surface area contributed by atoms with E-state index >= 15 is 0 Å². The summed E-state index contributed by atoms with van der Waals surface area (Å²) in [6.07, 6.45) is -3.28. The molecular weight excluding hydrogens is 438 g/mol. The Labute approximate surface area is 195 Å². The Kier molecular flexibility index (Phi) is 6.68. The van der Waals surface area contributed by atoms with E-state index in [9.17, 15) is 19.2 Å². The fourth-order valence-electron chi connectivity index (χ4n) is 3.47. The van der Waals surface area contributed by atoms with E-state index in [0.29, 0.717) is 12.4 Å². The topological polar surface area (TPSA) is 99.2 Å². The molecule has 2 amide bonds. The maximum atomic E-state index is 13.2. The van der Waals surface area contributed by atoms with Crippen molar-refractivity contribution in [2.45, 2.75) is 19.1 Å². The standard InChI is InChI=1S/C26H21NO7/c1-2-32-20-15-13-19(14-16-20)27-23(28)21(33-25(30)17-9-5-3-6-10-17)22(24(27)29)34-26(31)18-11-7-4-8-12-18/h3-16,21-22H,2H2,1H3/t21-,22-/m0/s1. The van der Waals surface area contributed by atoms with E-state index in [4.69, 9.17) is 14.2 Å². The number of ether oxygens (including phenoxy) is 3. The molecule has 0 radical (unpaired) electrons. The molecule has 3 aromatic carbocycles. The highest BCUT2D eigenvalue weighted by Crippen LogP contribution is 2.29. The van der Waals surface area contributed by atoms with Crippen molar-refractivity contribution < 1.29 is 33.4 Å². The molecule has 1 aliphatic rings. The van der Waals surface area contributed by atoms with Gasteiger partial charge >= 0.3 is 11.9 Å². The lowest BCUT2D eigenvalue weighted by Gasteiger charge is -2.16. The zero-order chi connectivity index (χ0) is 24.1. The number of rotatable bonds is 7. The second kappa shape index (κ2) is 9.99. The van der Waals surface area contributed by atoms with Crippen molar-refractivity contribution in [3.05, 3.63) is 96.1 Å². The Morgan fingerprint density at radius 1 is 0.706 bits per heavy atom. The molecule has 1 heterocycles. The average Bonchev–Trinajstić information content (AvgIpc) is 3.09. The lowest BCUT2D eigenvalue weighted by Crippen LogP contribution is -2.37. The molecule has 1 saturated heterocycles. The van der Waals surface area contributed by atoms with Gasteiger partial charge in [-0.2, -0.15) is 0 Å². The monoisotopic (exact) mass is 459 g/mol. The zero-order valence-corrected chi connectivity index (χ0v) is 18.2. The molecular formula is C26H21NO7. The minimum Gasteiger partial charge on any atom is -0.494 e. The lowest BCUT2D eigenvalue weighted by molar-refractivity contribution is -0.130. The Bertz CT molecular complexity index is 1120. The molecule has 2 atom stereocenters. The summed E-state index contributed by atoms with van der Waals surface area (Å²) in [6, 6.07) is 22.3. The van der Waals surface area contributed by atoms with Gasteiger partial charge in [0.05, 0.1) is 23.4 Å². The molecule has 0 saturated carbocycles. The van der Waals surface area contributed by atoms with Gasteiger partial charge in [-0.3, -0.25) is 9.59 Å². The number of hydrogen-bond acceptors (Lipinski definition) is 7. The van der Waals surface area contributed by atoms with Crippen molar-refractivity contribution in [1.82, 2.24) is 0 Å². The molecule has 3 aromatic rings. The molecule has 0 N–H and O–H groups in total. The van der Waals surface area contributed by atoms with Gasteiger partial charge in [0.1, 0.15) is 5.75 Å². The van der Waals surface area contributed by atoms with Crippen LogP contribution in [0.4, 0.5) is 5.69 Å². The number of carbonyl (C=O) groups is 4. The molecule has 0 unspecified atom stereocenters. The number of anilines is 1. The van der Waals surface area contributed by atoms with Crippen LogP contribution in [-0.2, 0) is 19.1 Å². The van der Waals surface area contributed by atoms with Gasteiger partial charge in [0, 0.05) is 0 Å². The van der Waals surface area contributed by atoms with Gasteiger partial charge in [0.15, 0.2) is 0 Å². The third-order valence-electron chi connectivity index (χ3n) is 5.10. The number of benzene rings is 3. The Balaban J connectivity index is 1.63. The Hall–Kier alpha value is -4.46. The SMILES string of the molecule is CCOc1ccc(N2C(=O)[C@@H](OC(=O)c3ccccc3)[C@H](OC(=O)c3ccccc3)C2=O)cc1. The minimum atomic E-state index is -1.64. The van der Waals surface area contributed by atoms with E-state index in [-0.39, 0.29) is 16.8 Å². The van der Waals surface area contributed by atoms with Crippen LogP contribution in [0.15, 0.2) is 84.9 Å². The van der Waals surface area contributed by atoms with Crippen LogP contribution in [0, 0.1) is 0 Å². The summed E-state index contributed by atoms with van der Waals surface area (Å²) in [7, 11) is 0. The van der Waals surface area contributed by atoms with Gasteiger partial charge in [0.25, 0.3) is 11.8 Å². The van der Waals surface area contributed by atoms with Crippen molar-refractivity contribution in [3.8, 4) is 5.75 Å². The first-order chi connectivity index (χ1) is 16.5. The first-order valence-electron chi connectivity index (χ1n) is 10.6. The lowest BCUT2D eigenvalue weighted by atomic mass is 10.2. The maximum Gasteiger partial charge on any atom is 0.339 e. The maximum absolute atomic E-state index is 13.2. The van der Waals surface area contributed by atoms with E-state index in [1.807, 2.05) is 6.92 Å². The van der Waals surface area contributed by atoms with Crippen LogP contribution in [0.5, 0.6) is 5.75 Å². The number of hydrogen-bond donors (Lipinski definition) is 0. The highest BCUT2D eigenvalue weighted by molar-refractivity contribution is 6.25. The normalized spacial score (nSPS) is 17.4. The molecule has 8 nitrogen and oxygen atoms in total. The van der Waals surface area contributed by atoms with E-state index < -0.39 is 36.0 Å². The van der Waals surface area contributed by atoms with Gasteiger partial charge in [-0.05, 0) is 55.5 Å². The molecule has 0 bridgehead atoms. The summed E-state index contributed by atoms with van der Waals surface area (Å²) in [5.41, 5.74) is 0.614. The summed E-state index contributed by atoms with van der Waals surface area (Å²) < 4.78 is 16.2. The summed E-state index contributed by atoms with van der Waals surface area (Å²) in [4.78, 5) is 52.6. The minimum absolute atomic E-state index is 0.190. The molecule has 34 heavy (non-hydrogen) atoms. The number of esters is 2. The fraction of sp³-hybridized carbons (Fsp3) is 0.154. The van der Waals surface area contributed by atoms with Crippen molar-refractivity contribution in [3.63, 3.8) is 0 Å². The number of nitrogens with zero attached hydrogens (tertiary/aromatic N) is 1. The third-order valence-corrected chi connectivity index (χ3v) is 5.10. The van der Waals surface area contributed by atoms with Gasteiger partial charge < -0.3 is 14.2 Å². The van der Waals surface area contributed by atoms with Crippen LogP contribution < -0.4 is 9.64 Å². The zero-order valence-electron chi connectivity index (χ0n) is 18.2. The molecule has 0 spiro atoms. The van der Waals surface area contributed by atoms with Crippen molar-refractivity contribution >= 4 is 29.4 Å².